The fourth-order valence-corrected chi connectivity index (χ4v) is 3.90. The molecule has 0 saturated heterocycles. The Morgan fingerprint density at radius 3 is 1.56 bits per heavy atom. The molecule has 1 N–H and O–H groups in total. The predicted molar refractivity (Wildman–Crippen MR) is 128 cm³/mol. The van der Waals surface area contributed by atoms with Crippen molar-refractivity contribution in [2.75, 3.05) is 0 Å². The molecule has 1 aromatic heterocycles. The van der Waals surface area contributed by atoms with Crippen molar-refractivity contribution in [2.45, 2.75) is 0 Å². The van der Waals surface area contributed by atoms with Crippen LogP contribution in [0.2, 0.25) is 0 Å². The highest BCUT2D eigenvalue weighted by Crippen LogP contribution is 2.38. The normalized spacial score (nSPS) is 10.8. The van der Waals surface area contributed by atoms with Crippen LogP contribution in [0.15, 0.2) is 108 Å². The number of rotatable bonds is 6. The summed E-state index contributed by atoms with van der Waals surface area (Å²) < 4.78 is 5.76. The Balaban J connectivity index is 1.73. The zero-order valence-electron chi connectivity index (χ0n) is 17.9. The predicted octanol–water partition coefficient (Wildman–Crippen LogP) is 5.83. The lowest BCUT2D eigenvalue weighted by Gasteiger charge is -2.07. The van der Waals surface area contributed by atoms with Gasteiger partial charge in [-0.2, -0.15) is 0 Å². The number of benzene rings is 4. The summed E-state index contributed by atoms with van der Waals surface area (Å²) in [6, 6.07) is 28.5. The number of carbonyl (C=O) groups excluding carboxylic acids is 3. The van der Waals surface area contributed by atoms with Gasteiger partial charge in [-0.3, -0.25) is 14.4 Å². The van der Waals surface area contributed by atoms with E-state index in [1.165, 1.54) is 12.1 Å². The lowest BCUT2D eigenvalue weighted by atomic mass is 9.94. The molecule has 5 aromatic rings. The van der Waals surface area contributed by atoms with Crippen molar-refractivity contribution in [1.82, 2.24) is 0 Å². The van der Waals surface area contributed by atoms with E-state index in [2.05, 4.69) is 0 Å². The zero-order valence-corrected chi connectivity index (χ0v) is 17.9. The van der Waals surface area contributed by atoms with Crippen molar-refractivity contribution < 1.29 is 23.9 Å². The van der Waals surface area contributed by atoms with Crippen LogP contribution < -0.4 is 0 Å². The molecule has 0 radical (unpaired) electrons. The van der Waals surface area contributed by atoms with Crippen LogP contribution in [-0.4, -0.2) is 22.5 Å². The molecule has 0 aliphatic carbocycles. The van der Waals surface area contributed by atoms with Crippen LogP contribution in [0, 0.1) is 0 Å². The summed E-state index contributed by atoms with van der Waals surface area (Å²) in [5.41, 5.74) is 1.52. The third kappa shape index (κ3) is 3.69. The van der Waals surface area contributed by atoms with Crippen LogP contribution >= 0.6 is 0 Å². The summed E-state index contributed by atoms with van der Waals surface area (Å²) in [5, 5.41) is 11.1. The van der Waals surface area contributed by atoms with Gasteiger partial charge in [-0.15, -0.1) is 0 Å². The number of carbonyl (C=O) groups is 3. The van der Waals surface area contributed by atoms with E-state index in [1.807, 2.05) is 0 Å². The molecular weight excluding hydrogens is 428 g/mol. The summed E-state index contributed by atoms with van der Waals surface area (Å²) in [6.07, 6.45) is 0. The van der Waals surface area contributed by atoms with Crippen molar-refractivity contribution in [3.8, 4) is 5.75 Å². The first kappa shape index (κ1) is 21.1. The lowest BCUT2D eigenvalue weighted by Crippen LogP contribution is -2.06. The molecule has 5 heteroatoms. The third-order valence-corrected chi connectivity index (χ3v) is 5.59. The van der Waals surface area contributed by atoms with E-state index in [0.29, 0.717) is 16.7 Å². The fraction of sp³-hybridized carbons (Fsp3) is 0. The first-order chi connectivity index (χ1) is 16.5. The van der Waals surface area contributed by atoms with Crippen molar-refractivity contribution >= 4 is 28.3 Å². The summed E-state index contributed by atoms with van der Waals surface area (Å²) in [5.74, 6) is -1.95. The van der Waals surface area contributed by atoms with Crippen LogP contribution in [-0.2, 0) is 0 Å². The maximum absolute atomic E-state index is 13.4. The standard InChI is InChI=1S/C29H18O5/c30-25(18-10-4-1-5-11-18)21-16-22(26(31)19-12-6-2-7-13-19)24-23(17-21)34-29(28(24)33)27(32)20-14-8-3-9-15-20/h1-17,33H. The molecule has 0 unspecified atom stereocenters. The fourth-order valence-electron chi connectivity index (χ4n) is 3.90. The Labute approximate surface area is 194 Å². The van der Waals surface area contributed by atoms with Gasteiger partial charge in [0.25, 0.3) is 0 Å². The molecule has 164 valence electrons. The van der Waals surface area contributed by atoms with Gasteiger partial charge in [0.15, 0.2) is 17.3 Å². The van der Waals surface area contributed by atoms with Crippen LogP contribution in [0.1, 0.15) is 48.0 Å². The molecule has 0 fully saturated rings. The minimum absolute atomic E-state index is 0.0799. The average molecular weight is 446 g/mol. The van der Waals surface area contributed by atoms with Crippen molar-refractivity contribution in [2.24, 2.45) is 0 Å². The summed E-state index contributed by atoms with van der Waals surface area (Å²) in [4.78, 5) is 39.6. The van der Waals surface area contributed by atoms with E-state index in [4.69, 9.17) is 4.42 Å². The van der Waals surface area contributed by atoms with Crippen LogP contribution in [0.4, 0.5) is 0 Å². The van der Waals surface area contributed by atoms with Crippen LogP contribution in [0.3, 0.4) is 0 Å². The topological polar surface area (TPSA) is 84.6 Å². The number of hydrogen-bond acceptors (Lipinski definition) is 5. The minimum Gasteiger partial charge on any atom is -0.504 e. The summed E-state index contributed by atoms with van der Waals surface area (Å²) in [6.45, 7) is 0. The molecule has 5 nitrogen and oxygen atoms in total. The largest absolute Gasteiger partial charge is 0.504 e. The van der Waals surface area contributed by atoms with Crippen molar-refractivity contribution in [3.63, 3.8) is 0 Å². The number of hydrogen-bond donors (Lipinski definition) is 1. The maximum Gasteiger partial charge on any atom is 0.232 e. The SMILES string of the molecule is O=C(c1ccccc1)c1cc(C(=O)c2ccccc2)c2c(O)c(C(=O)c3ccccc3)oc2c1. The maximum atomic E-state index is 13.4. The zero-order chi connectivity index (χ0) is 23.7. The number of fused-ring (bicyclic) bond motifs is 1. The molecular formula is C29H18O5. The smallest absolute Gasteiger partial charge is 0.232 e. The van der Waals surface area contributed by atoms with Crippen molar-refractivity contribution in [3.05, 3.63) is 137 Å². The average Bonchev–Trinajstić information content (AvgIpc) is 3.24. The van der Waals surface area contributed by atoms with E-state index < -0.39 is 17.3 Å². The number of aromatic hydroxyl groups is 1. The molecule has 0 aliphatic heterocycles. The van der Waals surface area contributed by atoms with Crippen molar-refractivity contribution in [1.29, 1.82) is 0 Å². The lowest BCUT2D eigenvalue weighted by molar-refractivity contribution is 0.100. The second-order valence-corrected chi connectivity index (χ2v) is 7.76. The quantitative estimate of drug-likeness (QED) is 0.332. The first-order valence-corrected chi connectivity index (χ1v) is 10.6. The molecule has 0 aliphatic rings. The molecule has 0 atom stereocenters. The molecule has 0 bridgehead atoms. The molecule has 4 aromatic carbocycles. The minimum atomic E-state index is -0.525. The second-order valence-electron chi connectivity index (χ2n) is 7.76. The van der Waals surface area contributed by atoms with Gasteiger partial charge >= 0.3 is 0 Å². The molecule has 5 rings (SSSR count). The Morgan fingerprint density at radius 2 is 1.03 bits per heavy atom. The van der Waals surface area contributed by atoms with E-state index in [0.717, 1.165) is 0 Å². The highest BCUT2D eigenvalue weighted by molar-refractivity contribution is 6.22. The molecule has 34 heavy (non-hydrogen) atoms. The Bertz CT molecular complexity index is 1530. The van der Waals surface area contributed by atoms with E-state index in [9.17, 15) is 19.5 Å². The highest BCUT2D eigenvalue weighted by Gasteiger charge is 2.27. The van der Waals surface area contributed by atoms with Gasteiger partial charge in [0.05, 0.1) is 5.39 Å². The van der Waals surface area contributed by atoms with Gasteiger partial charge in [-0.1, -0.05) is 91.0 Å². The first-order valence-electron chi connectivity index (χ1n) is 10.6. The molecule has 1 heterocycles. The number of ketones is 3. The molecule has 0 amide bonds. The van der Waals surface area contributed by atoms with Gasteiger partial charge in [0, 0.05) is 27.8 Å². The Morgan fingerprint density at radius 1 is 0.559 bits per heavy atom. The second kappa shape index (κ2) is 8.64. The highest BCUT2D eigenvalue weighted by atomic mass is 16.4. The summed E-state index contributed by atoms with van der Waals surface area (Å²) >= 11 is 0. The van der Waals surface area contributed by atoms with Gasteiger partial charge < -0.3 is 9.52 Å². The van der Waals surface area contributed by atoms with Crippen LogP contribution in [0.5, 0.6) is 5.75 Å². The molecule has 0 spiro atoms. The third-order valence-electron chi connectivity index (χ3n) is 5.59. The van der Waals surface area contributed by atoms with Gasteiger partial charge in [-0.25, -0.2) is 0 Å². The van der Waals surface area contributed by atoms with Gasteiger partial charge in [0.1, 0.15) is 5.58 Å². The number of furan rings is 1. The Kier molecular flexibility index (Phi) is 5.36. The van der Waals surface area contributed by atoms with E-state index in [-0.39, 0.29) is 33.6 Å². The van der Waals surface area contributed by atoms with E-state index in [1.54, 1.807) is 91.0 Å². The van der Waals surface area contributed by atoms with E-state index >= 15 is 0 Å². The molecule has 0 saturated carbocycles. The van der Waals surface area contributed by atoms with Crippen LogP contribution in [0.25, 0.3) is 11.0 Å². The van der Waals surface area contributed by atoms with Gasteiger partial charge in [-0.05, 0) is 12.1 Å². The van der Waals surface area contributed by atoms with Gasteiger partial charge in [0.2, 0.25) is 11.5 Å². The summed E-state index contributed by atoms with van der Waals surface area (Å²) in [7, 11) is 0. The Hall–Kier alpha value is -4.77. The monoisotopic (exact) mass is 446 g/mol.